The average Bonchev–Trinajstić information content (AvgIpc) is 2.92. The van der Waals surface area contributed by atoms with Gasteiger partial charge >= 0.3 is 0 Å². The molecule has 2 unspecified atom stereocenters. The van der Waals surface area contributed by atoms with E-state index >= 15 is 0 Å². The van der Waals surface area contributed by atoms with Gasteiger partial charge in [0.15, 0.2) is 0 Å². The first-order valence-electron chi connectivity index (χ1n) is 6.30. The second-order valence-corrected chi connectivity index (χ2v) is 4.64. The number of rotatable bonds is 6. The molecule has 5 nitrogen and oxygen atoms in total. The lowest BCUT2D eigenvalue weighted by atomic mass is 9.82. The van der Waals surface area contributed by atoms with E-state index in [-0.39, 0.29) is 12.3 Å². The van der Waals surface area contributed by atoms with E-state index in [1.54, 1.807) is 24.3 Å². The lowest BCUT2D eigenvalue weighted by molar-refractivity contribution is -0.483. The summed E-state index contributed by atoms with van der Waals surface area (Å²) in [6, 6.07) is 12.4. The smallest absolute Gasteiger partial charge is 0.211 e. The van der Waals surface area contributed by atoms with Gasteiger partial charge in [-0.25, -0.2) is 0 Å². The van der Waals surface area contributed by atoms with Crippen molar-refractivity contribution in [1.29, 1.82) is 0 Å². The average molecular weight is 273 g/mol. The van der Waals surface area contributed by atoms with Crippen LogP contribution in [0.1, 0.15) is 30.1 Å². The van der Waals surface area contributed by atoms with E-state index in [0.29, 0.717) is 5.76 Å². The molecule has 2 aromatic rings. The summed E-state index contributed by atoms with van der Waals surface area (Å²) in [5.74, 6) is -0.850. The molecular weight excluding hydrogens is 258 g/mol. The highest BCUT2D eigenvalue weighted by molar-refractivity contribution is 5.84. The molecule has 5 heteroatoms. The Morgan fingerprint density at radius 3 is 2.45 bits per heavy atom. The number of hydrogen-bond acceptors (Lipinski definition) is 4. The number of carbonyl (C=O) groups is 1. The molecule has 0 aliphatic heterocycles. The molecule has 0 saturated heterocycles. The summed E-state index contributed by atoms with van der Waals surface area (Å²) >= 11 is 0. The number of hydrogen-bond donors (Lipinski definition) is 0. The van der Waals surface area contributed by atoms with Gasteiger partial charge in [-0.15, -0.1) is 0 Å². The molecule has 0 radical (unpaired) electrons. The Bertz CT molecular complexity index is 577. The standard InChI is InChI=1S/C15H15NO4/c1-11(17)15(14-8-5-9-20-14)13(10-16(18)19)12-6-3-2-4-7-12/h2-9,13,15H,10H2,1H3. The Balaban J connectivity index is 2.43. The van der Waals surface area contributed by atoms with Gasteiger partial charge in [-0.2, -0.15) is 0 Å². The van der Waals surface area contributed by atoms with E-state index in [0.717, 1.165) is 5.56 Å². The molecule has 2 atom stereocenters. The maximum absolute atomic E-state index is 12.0. The third kappa shape index (κ3) is 3.12. The van der Waals surface area contributed by atoms with Crippen LogP contribution in [0.15, 0.2) is 53.1 Å². The molecule has 0 spiro atoms. The number of nitrogens with zero attached hydrogens (tertiary/aromatic N) is 1. The van der Waals surface area contributed by atoms with Crippen molar-refractivity contribution in [2.75, 3.05) is 6.54 Å². The first-order chi connectivity index (χ1) is 9.59. The number of ketones is 1. The molecule has 20 heavy (non-hydrogen) atoms. The highest BCUT2D eigenvalue weighted by Gasteiger charge is 2.34. The van der Waals surface area contributed by atoms with E-state index in [1.165, 1.54) is 13.2 Å². The second-order valence-electron chi connectivity index (χ2n) is 4.64. The van der Waals surface area contributed by atoms with Gasteiger partial charge in [0.05, 0.1) is 18.1 Å². The Morgan fingerprint density at radius 2 is 1.95 bits per heavy atom. The topological polar surface area (TPSA) is 73.3 Å². The van der Waals surface area contributed by atoms with Gasteiger partial charge in [-0.1, -0.05) is 30.3 Å². The molecule has 2 rings (SSSR count). The van der Waals surface area contributed by atoms with Crippen LogP contribution < -0.4 is 0 Å². The lowest BCUT2D eigenvalue weighted by Crippen LogP contribution is -2.24. The van der Waals surface area contributed by atoms with Crippen molar-refractivity contribution in [3.63, 3.8) is 0 Å². The van der Waals surface area contributed by atoms with E-state index in [1.807, 2.05) is 18.2 Å². The number of carbonyl (C=O) groups excluding carboxylic acids is 1. The first kappa shape index (κ1) is 14.0. The van der Waals surface area contributed by atoms with Crippen molar-refractivity contribution in [2.45, 2.75) is 18.8 Å². The van der Waals surface area contributed by atoms with Crippen LogP contribution in [0.2, 0.25) is 0 Å². The molecule has 0 saturated carbocycles. The molecule has 0 amide bonds. The van der Waals surface area contributed by atoms with Crippen LogP contribution in [-0.2, 0) is 4.79 Å². The van der Waals surface area contributed by atoms with Crippen molar-refractivity contribution < 1.29 is 14.1 Å². The Morgan fingerprint density at radius 1 is 1.25 bits per heavy atom. The van der Waals surface area contributed by atoms with Gasteiger partial charge in [-0.3, -0.25) is 14.9 Å². The zero-order chi connectivity index (χ0) is 14.5. The maximum Gasteiger partial charge on any atom is 0.211 e. The summed E-state index contributed by atoms with van der Waals surface area (Å²) in [5, 5.41) is 10.9. The molecule has 1 aromatic heterocycles. The van der Waals surface area contributed by atoms with Crippen molar-refractivity contribution in [1.82, 2.24) is 0 Å². The molecule has 104 valence electrons. The highest BCUT2D eigenvalue weighted by Crippen LogP contribution is 2.34. The molecule has 0 N–H and O–H groups in total. The minimum absolute atomic E-state index is 0.143. The van der Waals surface area contributed by atoms with Crippen molar-refractivity contribution in [3.05, 3.63) is 70.2 Å². The van der Waals surface area contributed by atoms with Crippen LogP contribution in [0.3, 0.4) is 0 Å². The number of Topliss-reactive ketones (excluding diaryl/α,β-unsaturated/α-hetero) is 1. The maximum atomic E-state index is 12.0. The molecule has 0 aliphatic carbocycles. The summed E-state index contributed by atoms with van der Waals surface area (Å²) in [6.07, 6.45) is 1.47. The summed E-state index contributed by atoms with van der Waals surface area (Å²) in [6.45, 7) is 1.12. The van der Waals surface area contributed by atoms with Crippen molar-refractivity contribution in [2.24, 2.45) is 0 Å². The number of furan rings is 1. The van der Waals surface area contributed by atoms with Gasteiger partial charge in [0, 0.05) is 4.92 Å². The van der Waals surface area contributed by atoms with E-state index in [4.69, 9.17) is 4.42 Å². The van der Waals surface area contributed by atoms with Crippen LogP contribution in [0.4, 0.5) is 0 Å². The first-order valence-corrected chi connectivity index (χ1v) is 6.30. The van der Waals surface area contributed by atoms with Gasteiger partial charge in [0.25, 0.3) is 0 Å². The minimum Gasteiger partial charge on any atom is -0.469 e. The normalized spacial score (nSPS) is 13.7. The van der Waals surface area contributed by atoms with Crippen LogP contribution in [0.5, 0.6) is 0 Å². The quantitative estimate of drug-likeness (QED) is 0.599. The summed E-state index contributed by atoms with van der Waals surface area (Å²) in [4.78, 5) is 22.5. The minimum atomic E-state index is -0.641. The molecule has 0 bridgehead atoms. The predicted octanol–water partition coefficient (Wildman–Crippen LogP) is 3.01. The summed E-state index contributed by atoms with van der Waals surface area (Å²) in [5.41, 5.74) is 0.765. The van der Waals surface area contributed by atoms with Crippen LogP contribution in [0.25, 0.3) is 0 Å². The fraction of sp³-hybridized carbons (Fsp3) is 0.267. The monoisotopic (exact) mass is 273 g/mol. The third-order valence-corrected chi connectivity index (χ3v) is 3.26. The summed E-state index contributed by atoms with van der Waals surface area (Å²) in [7, 11) is 0. The van der Waals surface area contributed by atoms with Crippen LogP contribution in [-0.4, -0.2) is 17.3 Å². The van der Waals surface area contributed by atoms with E-state index in [2.05, 4.69) is 0 Å². The zero-order valence-corrected chi connectivity index (χ0v) is 11.1. The Labute approximate surface area is 116 Å². The fourth-order valence-corrected chi connectivity index (χ4v) is 2.41. The van der Waals surface area contributed by atoms with E-state index in [9.17, 15) is 14.9 Å². The van der Waals surface area contributed by atoms with Gasteiger partial charge in [0.1, 0.15) is 11.5 Å². The Kier molecular flexibility index (Phi) is 4.30. The van der Waals surface area contributed by atoms with Crippen LogP contribution >= 0.6 is 0 Å². The molecule has 0 aliphatic rings. The predicted molar refractivity (Wildman–Crippen MR) is 73.2 cm³/mol. The van der Waals surface area contributed by atoms with Gasteiger partial charge in [-0.05, 0) is 24.6 Å². The second kappa shape index (κ2) is 6.14. The largest absolute Gasteiger partial charge is 0.469 e. The van der Waals surface area contributed by atoms with Crippen molar-refractivity contribution >= 4 is 5.78 Å². The SMILES string of the molecule is CC(=O)C(c1ccco1)C(C[N+](=O)[O-])c1ccccc1. The van der Waals surface area contributed by atoms with Crippen LogP contribution in [0, 0.1) is 10.1 Å². The summed E-state index contributed by atoms with van der Waals surface area (Å²) < 4.78 is 5.30. The third-order valence-electron chi connectivity index (χ3n) is 3.26. The molecule has 0 fully saturated rings. The number of benzene rings is 1. The van der Waals surface area contributed by atoms with E-state index < -0.39 is 16.8 Å². The Hall–Kier alpha value is -2.43. The van der Waals surface area contributed by atoms with Gasteiger partial charge < -0.3 is 4.42 Å². The molecule has 1 heterocycles. The fourth-order valence-electron chi connectivity index (χ4n) is 2.41. The zero-order valence-electron chi connectivity index (χ0n) is 11.1. The van der Waals surface area contributed by atoms with Crippen molar-refractivity contribution in [3.8, 4) is 0 Å². The number of nitro groups is 1. The lowest BCUT2D eigenvalue weighted by Gasteiger charge is -2.20. The molecular formula is C15H15NO4. The van der Waals surface area contributed by atoms with Gasteiger partial charge in [0.2, 0.25) is 6.54 Å². The highest BCUT2D eigenvalue weighted by atomic mass is 16.6. The molecule has 1 aromatic carbocycles.